The molecule has 2 aliphatic rings. The van der Waals surface area contributed by atoms with Gasteiger partial charge in [0, 0.05) is 60.2 Å². The molecule has 0 amide bonds. The number of benzene rings is 4. The summed E-state index contributed by atoms with van der Waals surface area (Å²) in [7, 11) is 12.3. The molecule has 0 spiro atoms. The summed E-state index contributed by atoms with van der Waals surface area (Å²) >= 11 is 0. The Labute approximate surface area is 325 Å². The van der Waals surface area contributed by atoms with Crippen molar-refractivity contribution in [1.29, 1.82) is 0 Å². The second kappa shape index (κ2) is 16.7. The lowest BCUT2D eigenvalue weighted by atomic mass is 9.77. The van der Waals surface area contributed by atoms with Crippen LogP contribution in [0, 0.1) is 0 Å². The van der Waals surface area contributed by atoms with E-state index in [4.69, 9.17) is 56.8 Å². The van der Waals surface area contributed by atoms with Gasteiger partial charge in [0.1, 0.15) is 34.9 Å². The van der Waals surface area contributed by atoms with E-state index < -0.39 is 42.3 Å². The lowest BCUT2D eigenvalue weighted by Crippen LogP contribution is -2.40. The first-order valence-electron chi connectivity index (χ1n) is 17.7. The predicted octanol–water partition coefficient (Wildman–Crippen LogP) is 6.56. The van der Waals surface area contributed by atoms with Gasteiger partial charge in [-0.1, -0.05) is 12.1 Å². The quantitative estimate of drug-likeness (QED) is 0.135. The van der Waals surface area contributed by atoms with E-state index in [9.17, 15) is 9.59 Å². The van der Waals surface area contributed by atoms with Crippen molar-refractivity contribution in [3.05, 3.63) is 82.4 Å². The van der Waals surface area contributed by atoms with Crippen LogP contribution < -0.4 is 47.4 Å². The first kappa shape index (κ1) is 39.5. The Hall–Kier alpha value is -6.18. The molecule has 6 rings (SSSR count). The Morgan fingerprint density at radius 1 is 0.571 bits per heavy atom. The van der Waals surface area contributed by atoms with Gasteiger partial charge in [0.05, 0.1) is 62.8 Å². The molecule has 0 saturated carbocycles. The highest BCUT2D eigenvalue weighted by Crippen LogP contribution is 2.58. The van der Waals surface area contributed by atoms with Gasteiger partial charge in [-0.25, -0.2) is 0 Å². The van der Waals surface area contributed by atoms with Crippen molar-refractivity contribution in [2.24, 2.45) is 0 Å². The van der Waals surface area contributed by atoms with E-state index in [2.05, 4.69) is 0 Å². The molecule has 0 fully saturated rings. The molecule has 0 radical (unpaired) electrons. The zero-order chi connectivity index (χ0) is 40.3. The lowest BCUT2D eigenvalue weighted by molar-refractivity contribution is -0.154. The molecule has 0 aliphatic carbocycles. The first-order valence-corrected chi connectivity index (χ1v) is 17.7. The van der Waals surface area contributed by atoms with Crippen molar-refractivity contribution in [2.75, 3.05) is 56.9 Å². The highest BCUT2D eigenvalue weighted by atomic mass is 16.6. The minimum atomic E-state index is -1.03. The van der Waals surface area contributed by atoms with E-state index in [-0.39, 0.29) is 6.42 Å². The largest absolute Gasteiger partial charge is 0.497 e. The highest BCUT2D eigenvalue weighted by Gasteiger charge is 2.49. The number of ether oxygens (including phenoxy) is 12. The smallest absolute Gasteiger partial charge is 0.303 e. The van der Waals surface area contributed by atoms with E-state index in [1.165, 1.54) is 49.4 Å². The van der Waals surface area contributed by atoms with Gasteiger partial charge in [0.2, 0.25) is 5.75 Å². The number of carbonyl (C=O) groups is 2. The molecule has 14 heteroatoms. The molecule has 4 aromatic rings. The second-order valence-corrected chi connectivity index (χ2v) is 13.0. The summed E-state index contributed by atoms with van der Waals surface area (Å²) in [4.78, 5) is 25.7. The van der Waals surface area contributed by atoms with Crippen LogP contribution in [0.2, 0.25) is 0 Å². The minimum Gasteiger partial charge on any atom is -0.497 e. The second-order valence-electron chi connectivity index (χ2n) is 13.0. The lowest BCUT2D eigenvalue weighted by Gasteiger charge is -2.43. The van der Waals surface area contributed by atoms with Crippen LogP contribution in [0.5, 0.6) is 57.5 Å². The predicted molar refractivity (Wildman–Crippen MR) is 202 cm³/mol. The maximum absolute atomic E-state index is 13.1. The summed E-state index contributed by atoms with van der Waals surface area (Å²) < 4.78 is 71.8. The molecule has 0 N–H and O–H groups in total. The van der Waals surface area contributed by atoms with Crippen LogP contribution in [0.1, 0.15) is 59.8 Å². The van der Waals surface area contributed by atoms with E-state index in [0.29, 0.717) is 85.3 Å². The monoisotopic (exact) mass is 774 g/mol. The third-order valence-corrected chi connectivity index (χ3v) is 9.89. The van der Waals surface area contributed by atoms with Gasteiger partial charge >= 0.3 is 11.9 Å². The molecule has 0 bridgehead atoms. The SMILES string of the molecule is COc1ccc([C@@H]2c3c(cc(OC)c4c3O[C@H](c3ccc(OC)c(OC)c3)[C@@H](OC(C)=O)C4)O[C@H](c3cc(OC)c(OC)c(OC)c3)[C@H]2OC(C)=O)c(OC)c1. The van der Waals surface area contributed by atoms with E-state index in [1.807, 2.05) is 12.1 Å². The third-order valence-electron chi connectivity index (χ3n) is 9.89. The van der Waals surface area contributed by atoms with Gasteiger partial charge in [-0.2, -0.15) is 0 Å². The molecular weight excluding hydrogens is 728 g/mol. The zero-order valence-electron chi connectivity index (χ0n) is 33.0. The molecule has 0 saturated heterocycles. The fourth-order valence-corrected chi connectivity index (χ4v) is 7.51. The fourth-order valence-electron chi connectivity index (χ4n) is 7.51. The number of rotatable bonds is 13. The fraction of sp³-hybridized carbons (Fsp3) is 0.381. The molecule has 2 heterocycles. The van der Waals surface area contributed by atoms with E-state index >= 15 is 0 Å². The minimum absolute atomic E-state index is 0.200. The molecule has 14 nitrogen and oxygen atoms in total. The van der Waals surface area contributed by atoms with Crippen LogP contribution in [0.25, 0.3) is 0 Å². The highest BCUT2D eigenvalue weighted by molar-refractivity contribution is 5.70. The van der Waals surface area contributed by atoms with Crippen molar-refractivity contribution in [3.63, 3.8) is 0 Å². The average Bonchev–Trinajstić information content (AvgIpc) is 3.21. The number of hydrogen-bond donors (Lipinski definition) is 0. The van der Waals surface area contributed by atoms with Gasteiger partial charge in [-0.3, -0.25) is 9.59 Å². The van der Waals surface area contributed by atoms with Crippen LogP contribution in [0.4, 0.5) is 0 Å². The van der Waals surface area contributed by atoms with Gasteiger partial charge in [0.25, 0.3) is 0 Å². The molecular formula is C42H46O14. The summed E-state index contributed by atoms with van der Waals surface area (Å²) in [6, 6.07) is 16.0. The number of carbonyl (C=O) groups excluding carboxylic acids is 2. The van der Waals surface area contributed by atoms with Crippen molar-refractivity contribution in [3.8, 4) is 57.5 Å². The Morgan fingerprint density at radius 2 is 1.20 bits per heavy atom. The van der Waals surface area contributed by atoms with Gasteiger partial charge in [0.15, 0.2) is 41.3 Å². The molecule has 298 valence electrons. The van der Waals surface area contributed by atoms with Crippen LogP contribution in [-0.2, 0) is 25.5 Å². The Kier molecular flexibility index (Phi) is 11.8. The number of hydrogen-bond acceptors (Lipinski definition) is 14. The topological polar surface area (TPSA) is 145 Å². The summed E-state index contributed by atoms with van der Waals surface area (Å²) in [5.74, 6) is 2.46. The molecule has 0 aromatic heterocycles. The first-order chi connectivity index (χ1) is 27.0. The Bertz CT molecular complexity index is 2070. The summed E-state index contributed by atoms with van der Waals surface area (Å²) in [5, 5.41) is 0. The van der Waals surface area contributed by atoms with Gasteiger partial charge in [-0.15, -0.1) is 0 Å². The zero-order valence-corrected chi connectivity index (χ0v) is 33.0. The van der Waals surface area contributed by atoms with Crippen LogP contribution in [-0.4, -0.2) is 81.0 Å². The Morgan fingerprint density at radius 3 is 1.77 bits per heavy atom. The van der Waals surface area contributed by atoms with E-state index in [1.54, 1.807) is 63.8 Å². The molecule has 0 unspecified atom stereocenters. The number of methoxy groups -OCH3 is 8. The molecule has 5 atom stereocenters. The molecule has 4 aromatic carbocycles. The van der Waals surface area contributed by atoms with Gasteiger partial charge < -0.3 is 56.8 Å². The average molecular weight is 775 g/mol. The third kappa shape index (κ3) is 7.30. The van der Waals surface area contributed by atoms with Crippen molar-refractivity contribution in [1.82, 2.24) is 0 Å². The van der Waals surface area contributed by atoms with Crippen molar-refractivity contribution < 1.29 is 66.4 Å². The normalized spacial score (nSPS) is 19.4. The summed E-state index contributed by atoms with van der Waals surface area (Å²) in [5.41, 5.74) is 3.01. The number of esters is 2. The van der Waals surface area contributed by atoms with E-state index in [0.717, 1.165) is 0 Å². The van der Waals surface area contributed by atoms with Crippen molar-refractivity contribution in [2.45, 2.75) is 50.6 Å². The van der Waals surface area contributed by atoms with Crippen LogP contribution in [0.3, 0.4) is 0 Å². The molecule has 56 heavy (non-hydrogen) atoms. The summed E-state index contributed by atoms with van der Waals surface area (Å²) in [6.45, 7) is 2.68. The Balaban J connectivity index is 1.66. The number of fused-ring (bicyclic) bond motifs is 3. The molecule has 2 aliphatic heterocycles. The maximum Gasteiger partial charge on any atom is 0.303 e. The van der Waals surface area contributed by atoms with Crippen molar-refractivity contribution >= 4 is 11.9 Å². The maximum atomic E-state index is 13.1. The van der Waals surface area contributed by atoms with Crippen LogP contribution >= 0.6 is 0 Å². The summed E-state index contributed by atoms with van der Waals surface area (Å²) in [6.07, 6.45) is -3.39. The standard InChI is InChI=1S/C42H46O14/c1-21(43)53-35-19-27-30(48-6)20-32-37(40(27)56-38(35)23-11-14-28(46-4)31(15-23)49-7)36(26-13-12-25(45-3)18-29(26)47-5)42(54-22(2)44)39(55-32)24-16-33(50-8)41(52-10)34(17-24)51-9/h11-18,20,35-36,38-39,42H,19H2,1-10H3/t35-,36+,38+,39+,42-/m0/s1. The van der Waals surface area contributed by atoms with Crippen LogP contribution in [0.15, 0.2) is 54.6 Å². The van der Waals surface area contributed by atoms with Gasteiger partial charge in [-0.05, 0) is 30.3 Å².